The van der Waals surface area contributed by atoms with Crippen LogP contribution in [0.1, 0.15) is 57.5 Å². The summed E-state index contributed by atoms with van der Waals surface area (Å²) >= 11 is 1.52. The molecule has 2 aliphatic heterocycles. The summed E-state index contributed by atoms with van der Waals surface area (Å²) in [5.74, 6) is 0.0656. The molecule has 0 unspecified atom stereocenters. The number of hydrogen-bond acceptors (Lipinski definition) is 6. The first-order chi connectivity index (χ1) is 13.2. The van der Waals surface area contributed by atoms with Crippen molar-refractivity contribution in [3.05, 3.63) is 40.7 Å². The number of amides is 2. The number of thiazole rings is 1. The van der Waals surface area contributed by atoms with E-state index in [-0.39, 0.29) is 17.5 Å². The molecule has 4 rings (SSSR count). The normalized spacial score (nSPS) is 17.9. The summed E-state index contributed by atoms with van der Waals surface area (Å²) in [5.41, 5.74) is 0.553. The van der Waals surface area contributed by atoms with Gasteiger partial charge in [0.25, 0.3) is 11.8 Å². The standard InChI is InChI=1S/C19H23N5O2S/c25-17(23-19-21-12-16(27-19)13-6-8-20-9-7-13)14-4-3-5-15(22-14)18(26)24-10-1-2-11-24/h3-5,12-13,20H,1-2,6-11H2,(H,21,23,25). The van der Waals surface area contributed by atoms with E-state index >= 15 is 0 Å². The molecule has 2 N–H and O–H groups in total. The van der Waals surface area contributed by atoms with Gasteiger partial charge < -0.3 is 10.2 Å². The molecule has 27 heavy (non-hydrogen) atoms. The molecule has 8 heteroatoms. The van der Waals surface area contributed by atoms with Crippen molar-refractivity contribution in [3.8, 4) is 0 Å². The molecule has 2 fully saturated rings. The predicted molar refractivity (Wildman–Crippen MR) is 104 cm³/mol. The summed E-state index contributed by atoms with van der Waals surface area (Å²) in [5, 5.41) is 6.75. The van der Waals surface area contributed by atoms with Crippen LogP contribution in [0.4, 0.5) is 5.13 Å². The second kappa shape index (κ2) is 8.14. The highest BCUT2D eigenvalue weighted by molar-refractivity contribution is 7.15. The molecular formula is C19H23N5O2S. The van der Waals surface area contributed by atoms with E-state index < -0.39 is 0 Å². The molecule has 2 aromatic heterocycles. The van der Waals surface area contributed by atoms with Crippen molar-refractivity contribution in [1.82, 2.24) is 20.2 Å². The lowest BCUT2D eigenvalue weighted by atomic mass is 9.97. The molecule has 4 heterocycles. The Hall–Kier alpha value is -2.32. The Morgan fingerprint density at radius 3 is 2.67 bits per heavy atom. The van der Waals surface area contributed by atoms with E-state index in [2.05, 4.69) is 20.6 Å². The first-order valence-electron chi connectivity index (χ1n) is 9.45. The Morgan fingerprint density at radius 1 is 1.15 bits per heavy atom. The minimum absolute atomic E-state index is 0.107. The van der Waals surface area contributed by atoms with Crippen LogP contribution in [0.2, 0.25) is 0 Å². The number of hydrogen-bond donors (Lipinski definition) is 2. The Labute approximate surface area is 162 Å². The van der Waals surface area contributed by atoms with Gasteiger partial charge in [-0.2, -0.15) is 0 Å². The number of nitrogens with zero attached hydrogens (tertiary/aromatic N) is 3. The van der Waals surface area contributed by atoms with Gasteiger partial charge in [0.2, 0.25) is 0 Å². The van der Waals surface area contributed by atoms with Crippen molar-refractivity contribution in [1.29, 1.82) is 0 Å². The van der Waals surface area contributed by atoms with Crippen molar-refractivity contribution in [2.75, 3.05) is 31.5 Å². The van der Waals surface area contributed by atoms with Gasteiger partial charge in [-0.25, -0.2) is 9.97 Å². The van der Waals surface area contributed by atoms with Crippen LogP contribution in [0.3, 0.4) is 0 Å². The molecule has 2 amide bonds. The molecule has 2 aliphatic rings. The molecule has 7 nitrogen and oxygen atoms in total. The highest BCUT2D eigenvalue weighted by Crippen LogP contribution is 2.31. The summed E-state index contributed by atoms with van der Waals surface area (Å²) in [6, 6.07) is 4.99. The maximum atomic E-state index is 12.6. The third-order valence-electron chi connectivity index (χ3n) is 5.08. The largest absolute Gasteiger partial charge is 0.337 e. The van der Waals surface area contributed by atoms with E-state index in [1.54, 1.807) is 23.1 Å². The van der Waals surface area contributed by atoms with Crippen LogP contribution in [-0.2, 0) is 0 Å². The first kappa shape index (κ1) is 18.1. The SMILES string of the molecule is O=C(Nc1ncc(C2CCNCC2)s1)c1cccc(C(=O)N2CCCC2)n1. The summed E-state index contributed by atoms with van der Waals surface area (Å²) in [6.07, 6.45) is 6.09. The van der Waals surface area contributed by atoms with Gasteiger partial charge >= 0.3 is 0 Å². The van der Waals surface area contributed by atoms with Gasteiger partial charge in [-0.3, -0.25) is 14.9 Å². The number of anilines is 1. The molecule has 0 spiro atoms. The Morgan fingerprint density at radius 2 is 1.89 bits per heavy atom. The number of piperidine rings is 1. The fraction of sp³-hybridized carbons (Fsp3) is 0.474. The lowest BCUT2D eigenvalue weighted by molar-refractivity contribution is 0.0787. The highest BCUT2D eigenvalue weighted by Gasteiger charge is 2.22. The highest BCUT2D eigenvalue weighted by atomic mass is 32.1. The quantitative estimate of drug-likeness (QED) is 0.844. The maximum absolute atomic E-state index is 12.6. The number of carbonyl (C=O) groups is 2. The summed E-state index contributed by atoms with van der Waals surface area (Å²) in [7, 11) is 0. The number of aromatic nitrogens is 2. The summed E-state index contributed by atoms with van der Waals surface area (Å²) in [6.45, 7) is 3.56. The van der Waals surface area contributed by atoms with Crippen LogP contribution >= 0.6 is 11.3 Å². The average molecular weight is 385 g/mol. The topological polar surface area (TPSA) is 87.2 Å². The van der Waals surface area contributed by atoms with Gasteiger partial charge in [0.15, 0.2) is 5.13 Å². The van der Waals surface area contributed by atoms with Gasteiger partial charge in [-0.1, -0.05) is 6.07 Å². The van der Waals surface area contributed by atoms with Crippen LogP contribution in [0.25, 0.3) is 0 Å². The summed E-state index contributed by atoms with van der Waals surface area (Å²) in [4.78, 5) is 36.6. The van der Waals surface area contributed by atoms with E-state index in [4.69, 9.17) is 0 Å². The van der Waals surface area contributed by atoms with E-state index in [0.717, 1.165) is 51.9 Å². The number of carbonyl (C=O) groups excluding carboxylic acids is 2. The molecule has 0 aliphatic carbocycles. The van der Waals surface area contributed by atoms with Gasteiger partial charge in [-0.05, 0) is 56.8 Å². The summed E-state index contributed by atoms with van der Waals surface area (Å²) < 4.78 is 0. The lowest BCUT2D eigenvalue weighted by Crippen LogP contribution is -2.29. The van der Waals surface area contributed by atoms with Crippen molar-refractivity contribution >= 4 is 28.3 Å². The van der Waals surface area contributed by atoms with Crippen LogP contribution in [-0.4, -0.2) is 52.9 Å². The Kier molecular flexibility index (Phi) is 5.45. The molecule has 142 valence electrons. The van der Waals surface area contributed by atoms with Crippen molar-refractivity contribution in [3.63, 3.8) is 0 Å². The molecule has 2 saturated heterocycles. The minimum atomic E-state index is -0.336. The van der Waals surface area contributed by atoms with E-state index in [9.17, 15) is 9.59 Å². The molecule has 0 bridgehead atoms. The number of rotatable bonds is 4. The average Bonchev–Trinajstić information content (AvgIpc) is 3.40. The molecule has 0 radical (unpaired) electrons. The van der Waals surface area contributed by atoms with E-state index in [1.807, 2.05) is 6.20 Å². The molecule has 0 saturated carbocycles. The Balaban J connectivity index is 1.43. The fourth-order valence-electron chi connectivity index (χ4n) is 3.56. The first-order valence-corrected chi connectivity index (χ1v) is 10.3. The van der Waals surface area contributed by atoms with Crippen LogP contribution in [0.5, 0.6) is 0 Å². The van der Waals surface area contributed by atoms with Gasteiger partial charge in [-0.15, -0.1) is 11.3 Å². The van der Waals surface area contributed by atoms with Gasteiger partial charge in [0, 0.05) is 24.2 Å². The van der Waals surface area contributed by atoms with Crippen LogP contribution < -0.4 is 10.6 Å². The molecular weight excluding hydrogens is 362 g/mol. The predicted octanol–water partition coefficient (Wildman–Crippen LogP) is 2.49. The second-order valence-corrected chi connectivity index (χ2v) is 8.02. The molecule has 2 aromatic rings. The van der Waals surface area contributed by atoms with Crippen LogP contribution in [0.15, 0.2) is 24.4 Å². The number of pyridine rings is 1. The fourth-order valence-corrected chi connectivity index (χ4v) is 4.54. The molecule has 0 atom stereocenters. The lowest BCUT2D eigenvalue weighted by Gasteiger charge is -2.20. The van der Waals surface area contributed by atoms with Crippen molar-refractivity contribution in [2.24, 2.45) is 0 Å². The van der Waals surface area contributed by atoms with Crippen molar-refractivity contribution < 1.29 is 9.59 Å². The van der Waals surface area contributed by atoms with E-state index in [0.29, 0.717) is 16.7 Å². The third-order valence-corrected chi connectivity index (χ3v) is 6.15. The van der Waals surface area contributed by atoms with E-state index in [1.165, 1.54) is 16.2 Å². The zero-order chi connectivity index (χ0) is 18.6. The van der Waals surface area contributed by atoms with Gasteiger partial charge in [0.1, 0.15) is 11.4 Å². The van der Waals surface area contributed by atoms with Crippen LogP contribution in [0, 0.1) is 0 Å². The number of likely N-dealkylation sites (tertiary alicyclic amines) is 1. The minimum Gasteiger partial charge on any atom is -0.337 e. The monoisotopic (exact) mass is 385 g/mol. The second-order valence-electron chi connectivity index (χ2n) is 6.95. The zero-order valence-electron chi connectivity index (χ0n) is 15.1. The maximum Gasteiger partial charge on any atom is 0.276 e. The van der Waals surface area contributed by atoms with Gasteiger partial charge in [0.05, 0.1) is 0 Å². The number of nitrogens with one attached hydrogen (secondary N) is 2. The van der Waals surface area contributed by atoms with Crippen molar-refractivity contribution in [2.45, 2.75) is 31.6 Å². The Bertz CT molecular complexity index is 825. The molecule has 0 aromatic carbocycles. The smallest absolute Gasteiger partial charge is 0.276 e. The zero-order valence-corrected chi connectivity index (χ0v) is 15.9. The third kappa shape index (κ3) is 4.17.